The molecule has 2 rings (SSSR count). The zero-order chi connectivity index (χ0) is 9.42. The number of aromatic carboxylic acids is 1. The van der Waals surface area contributed by atoms with Crippen molar-refractivity contribution in [3.8, 4) is 0 Å². The number of nitrogens with one attached hydrogen (secondary N) is 1. The van der Waals surface area contributed by atoms with E-state index in [2.05, 4.69) is 4.98 Å². The van der Waals surface area contributed by atoms with Gasteiger partial charge in [0.1, 0.15) is 5.15 Å². The van der Waals surface area contributed by atoms with Crippen LogP contribution in [-0.4, -0.2) is 16.1 Å². The molecule has 0 saturated carbocycles. The van der Waals surface area contributed by atoms with Crippen molar-refractivity contribution in [1.82, 2.24) is 4.98 Å². The summed E-state index contributed by atoms with van der Waals surface area (Å²) in [4.78, 5) is 13.5. The molecule has 2 N–H and O–H groups in total. The lowest BCUT2D eigenvalue weighted by Gasteiger charge is -1.93. The van der Waals surface area contributed by atoms with Gasteiger partial charge in [0.25, 0.3) is 0 Å². The Hall–Kier alpha value is -1.48. The molecule has 1 aromatic heterocycles. The molecule has 13 heavy (non-hydrogen) atoms. The Morgan fingerprint density at radius 3 is 2.85 bits per heavy atom. The molecule has 2 aromatic rings. The molecular weight excluding hydrogens is 190 g/mol. The Morgan fingerprint density at radius 2 is 2.15 bits per heavy atom. The highest BCUT2D eigenvalue weighted by molar-refractivity contribution is 6.30. The van der Waals surface area contributed by atoms with Crippen molar-refractivity contribution in [2.45, 2.75) is 0 Å². The molecule has 0 saturated heterocycles. The van der Waals surface area contributed by atoms with Gasteiger partial charge in [-0.2, -0.15) is 0 Å². The van der Waals surface area contributed by atoms with E-state index in [4.69, 9.17) is 16.7 Å². The van der Waals surface area contributed by atoms with Crippen molar-refractivity contribution in [1.29, 1.82) is 0 Å². The number of fused-ring (bicyclic) bond motifs is 1. The lowest BCUT2D eigenvalue weighted by Crippen LogP contribution is -1.94. The molecule has 0 fully saturated rings. The molecule has 0 atom stereocenters. The lowest BCUT2D eigenvalue weighted by molar-refractivity contribution is 0.0697. The fourth-order valence-electron chi connectivity index (χ4n) is 1.22. The Bertz CT molecular complexity index is 475. The second-order valence-electron chi connectivity index (χ2n) is 2.72. The van der Waals surface area contributed by atoms with E-state index < -0.39 is 5.97 Å². The molecule has 0 spiro atoms. The summed E-state index contributed by atoms with van der Waals surface area (Å²) in [7, 11) is 0. The van der Waals surface area contributed by atoms with Gasteiger partial charge in [-0.3, -0.25) is 0 Å². The Kier molecular flexibility index (Phi) is 1.74. The van der Waals surface area contributed by atoms with Crippen LogP contribution in [-0.2, 0) is 0 Å². The zero-order valence-corrected chi connectivity index (χ0v) is 7.30. The minimum absolute atomic E-state index is 0.256. The molecule has 4 heteroatoms. The predicted molar refractivity (Wildman–Crippen MR) is 50.3 cm³/mol. The third kappa shape index (κ3) is 1.38. The first kappa shape index (κ1) is 8.13. The van der Waals surface area contributed by atoms with E-state index in [9.17, 15) is 4.79 Å². The summed E-state index contributed by atoms with van der Waals surface area (Å²) in [6.07, 6.45) is 0. The quantitative estimate of drug-likeness (QED) is 0.735. The van der Waals surface area contributed by atoms with Crippen molar-refractivity contribution >= 4 is 28.5 Å². The van der Waals surface area contributed by atoms with Crippen LogP contribution in [0.3, 0.4) is 0 Å². The van der Waals surface area contributed by atoms with Gasteiger partial charge in [-0.15, -0.1) is 0 Å². The predicted octanol–water partition coefficient (Wildman–Crippen LogP) is 2.52. The maximum absolute atomic E-state index is 10.6. The molecule has 0 aliphatic rings. The summed E-state index contributed by atoms with van der Waals surface area (Å²) >= 11 is 5.71. The van der Waals surface area contributed by atoms with Gasteiger partial charge in [0.2, 0.25) is 0 Å². The summed E-state index contributed by atoms with van der Waals surface area (Å²) in [5.74, 6) is -0.937. The van der Waals surface area contributed by atoms with Crippen LogP contribution >= 0.6 is 11.6 Å². The molecule has 1 heterocycles. The van der Waals surface area contributed by atoms with Crippen molar-refractivity contribution in [2.75, 3.05) is 0 Å². The van der Waals surface area contributed by atoms with E-state index in [1.807, 2.05) is 0 Å². The number of carboxylic acids is 1. The van der Waals surface area contributed by atoms with Gasteiger partial charge in [0.05, 0.1) is 5.56 Å². The van der Waals surface area contributed by atoms with Crippen LogP contribution < -0.4 is 0 Å². The number of carboxylic acid groups (broad SMARTS) is 1. The monoisotopic (exact) mass is 195 g/mol. The minimum Gasteiger partial charge on any atom is -0.478 e. The number of aromatic nitrogens is 1. The molecular formula is C9H6ClNO2. The van der Waals surface area contributed by atoms with Gasteiger partial charge in [0, 0.05) is 10.9 Å². The first-order chi connectivity index (χ1) is 6.16. The Morgan fingerprint density at radius 1 is 1.38 bits per heavy atom. The Labute approximate surface area is 78.9 Å². The van der Waals surface area contributed by atoms with Crippen LogP contribution in [0.15, 0.2) is 24.3 Å². The number of carbonyl (C=O) groups is 1. The van der Waals surface area contributed by atoms with Crippen LogP contribution in [0, 0.1) is 0 Å². The van der Waals surface area contributed by atoms with E-state index in [1.165, 1.54) is 0 Å². The van der Waals surface area contributed by atoms with E-state index >= 15 is 0 Å². The highest BCUT2D eigenvalue weighted by Crippen LogP contribution is 2.19. The fraction of sp³-hybridized carbons (Fsp3) is 0. The standard InChI is InChI=1S/C9H6ClNO2/c10-8-4-5-1-2-6(9(12)13)3-7(5)11-8/h1-4,11H,(H,12,13). The molecule has 3 nitrogen and oxygen atoms in total. The van der Waals surface area contributed by atoms with E-state index in [1.54, 1.807) is 24.3 Å². The normalized spacial score (nSPS) is 10.5. The smallest absolute Gasteiger partial charge is 0.335 e. The Balaban J connectivity index is 2.67. The number of hydrogen-bond acceptors (Lipinski definition) is 1. The summed E-state index contributed by atoms with van der Waals surface area (Å²) in [5.41, 5.74) is 0.996. The van der Waals surface area contributed by atoms with Crippen LogP contribution in [0.25, 0.3) is 10.9 Å². The molecule has 0 unspecified atom stereocenters. The van der Waals surface area contributed by atoms with Crippen molar-refractivity contribution in [3.63, 3.8) is 0 Å². The van der Waals surface area contributed by atoms with Crippen LogP contribution in [0.2, 0.25) is 5.15 Å². The van der Waals surface area contributed by atoms with Crippen molar-refractivity contribution in [3.05, 3.63) is 35.0 Å². The third-order valence-corrected chi connectivity index (χ3v) is 2.04. The van der Waals surface area contributed by atoms with Crippen LogP contribution in [0.4, 0.5) is 0 Å². The number of aromatic amines is 1. The first-order valence-corrected chi connectivity index (χ1v) is 4.06. The lowest BCUT2D eigenvalue weighted by atomic mass is 10.2. The average Bonchev–Trinajstić information content (AvgIpc) is 2.42. The highest BCUT2D eigenvalue weighted by Gasteiger charge is 2.04. The van der Waals surface area contributed by atoms with E-state index in [0.717, 1.165) is 10.9 Å². The average molecular weight is 196 g/mol. The van der Waals surface area contributed by atoms with Gasteiger partial charge in [-0.25, -0.2) is 4.79 Å². The second kappa shape index (κ2) is 2.78. The van der Waals surface area contributed by atoms with E-state index in [0.29, 0.717) is 5.15 Å². The molecule has 0 aliphatic carbocycles. The molecule has 66 valence electrons. The van der Waals surface area contributed by atoms with Gasteiger partial charge in [0.15, 0.2) is 0 Å². The topological polar surface area (TPSA) is 53.1 Å². The SMILES string of the molecule is O=C(O)c1ccc2cc(Cl)[nH]c2c1. The van der Waals surface area contributed by atoms with Gasteiger partial charge < -0.3 is 10.1 Å². The number of rotatable bonds is 1. The van der Waals surface area contributed by atoms with Gasteiger partial charge in [-0.1, -0.05) is 17.7 Å². The zero-order valence-electron chi connectivity index (χ0n) is 6.54. The summed E-state index contributed by atoms with van der Waals surface area (Å²) in [5, 5.41) is 10.1. The summed E-state index contributed by atoms with van der Waals surface area (Å²) in [6, 6.07) is 6.59. The molecule has 1 aromatic carbocycles. The number of hydrogen-bond donors (Lipinski definition) is 2. The highest BCUT2D eigenvalue weighted by atomic mass is 35.5. The molecule has 0 amide bonds. The van der Waals surface area contributed by atoms with Crippen LogP contribution in [0.5, 0.6) is 0 Å². The van der Waals surface area contributed by atoms with Crippen LogP contribution in [0.1, 0.15) is 10.4 Å². The third-order valence-electron chi connectivity index (χ3n) is 1.84. The maximum atomic E-state index is 10.6. The molecule has 0 aliphatic heterocycles. The minimum atomic E-state index is -0.937. The van der Waals surface area contributed by atoms with Gasteiger partial charge in [-0.05, 0) is 18.2 Å². The second-order valence-corrected chi connectivity index (χ2v) is 3.13. The summed E-state index contributed by atoms with van der Waals surface area (Å²) in [6.45, 7) is 0. The largest absolute Gasteiger partial charge is 0.478 e. The van der Waals surface area contributed by atoms with Crippen molar-refractivity contribution < 1.29 is 9.90 Å². The maximum Gasteiger partial charge on any atom is 0.335 e. The van der Waals surface area contributed by atoms with E-state index in [-0.39, 0.29) is 5.56 Å². The first-order valence-electron chi connectivity index (χ1n) is 3.68. The molecule has 0 bridgehead atoms. The number of H-pyrrole nitrogens is 1. The molecule has 0 radical (unpaired) electrons. The fourth-order valence-corrected chi connectivity index (χ4v) is 1.44. The summed E-state index contributed by atoms with van der Waals surface area (Å²) < 4.78 is 0. The number of halogens is 1. The van der Waals surface area contributed by atoms with Gasteiger partial charge >= 0.3 is 5.97 Å². The number of benzene rings is 1. The van der Waals surface area contributed by atoms with Crippen molar-refractivity contribution in [2.24, 2.45) is 0 Å².